The van der Waals surface area contributed by atoms with Crippen LogP contribution in [-0.4, -0.2) is 31.2 Å². The van der Waals surface area contributed by atoms with Crippen LogP contribution in [0.5, 0.6) is 0 Å². The summed E-state index contributed by atoms with van der Waals surface area (Å²) in [5.41, 5.74) is 4.44. The molecule has 0 saturated heterocycles. The van der Waals surface area contributed by atoms with Crippen LogP contribution in [0.25, 0.3) is 22.2 Å². The summed E-state index contributed by atoms with van der Waals surface area (Å²) < 4.78 is 0. The van der Waals surface area contributed by atoms with Gasteiger partial charge in [0.2, 0.25) is 0 Å². The van der Waals surface area contributed by atoms with Gasteiger partial charge in [0.05, 0.1) is 11.6 Å². The van der Waals surface area contributed by atoms with Gasteiger partial charge in [-0.25, -0.2) is 9.78 Å². The van der Waals surface area contributed by atoms with Gasteiger partial charge in [-0.05, 0) is 43.7 Å². The van der Waals surface area contributed by atoms with E-state index in [9.17, 15) is 4.79 Å². The van der Waals surface area contributed by atoms with Gasteiger partial charge in [0.15, 0.2) is 0 Å². The Balaban J connectivity index is 1.50. The van der Waals surface area contributed by atoms with Gasteiger partial charge in [-0.15, -0.1) is 0 Å². The van der Waals surface area contributed by atoms with Crippen molar-refractivity contribution in [2.45, 2.75) is 19.9 Å². The minimum absolute atomic E-state index is 0.152. The molecular weight excluding hydrogens is 354 g/mol. The number of urea groups is 1. The predicted molar refractivity (Wildman–Crippen MR) is 107 cm³/mol. The maximum atomic E-state index is 12.3. The van der Waals surface area contributed by atoms with Gasteiger partial charge in [0.1, 0.15) is 11.5 Å². The molecule has 0 fully saturated rings. The summed E-state index contributed by atoms with van der Waals surface area (Å²) >= 11 is 0. The number of anilines is 1. The summed E-state index contributed by atoms with van der Waals surface area (Å²) in [7, 11) is 0. The largest absolute Gasteiger partial charge is 0.331 e. The number of pyridine rings is 3. The molecule has 4 heterocycles. The molecule has 0 aromatic carbocycles. The number of carbonyl (C=O) groups excluding carboxylic acids is 1. The van der Waals surface area contributed by atoms with Crippen LogP contribution in [0.15, 0.2) is 55.1 Å². The lowest BCUT2D eigenvalue weighted by molar-refractivity contribution is 0.249. The molecule has 1 unspecified atom stereocenters. The number of aromatic nitrogens is 5. The molecule has 0 radical (unpaired) electrons. The van der Waals surface area contributed by atoms with Crippen LogP contribution in [0.4, 0.5) is 10.6 Å². The zero-order chi connectivity index (χ0) is 19.5. The Bertz CT molecular complexity index is 1120. The lowest BCUT2D eigenvalue weighted by Gasteiger charge is -2.14. The summed E-state index contributed by atoms with van der Waals surface area (Å²) in [6, 6.07) is 8.88. The molecule has 3 N–H and O–H groups in total. The van der Waals surface area contributed by atoms with E-state index in [1.165, 1.54) is 0 Å². The molecule has 4 aromatic heterocycles. The SMILES string of the molecule is Cc1cc(-c2n[nH]c3cc(NC(=O)NC(C)c4ccncc4)ncc23)ccn1. The number of rotatable bonds is 4. The van der Waals surface area contributed by atoms with Crippen molar-refractivity contribution in [1.82, 2.24) is 30.5 Å². The van der Waals surface area contributed by atoms with Gasteiger partial charge in [0.25, 0.3) is 0 Å². The van der Waals surface area contributed by atoms with Gasteiger partial charge in [-0.1, -0.05) is 0 Å². The summed E-state index contributed by atoms with van der Waals surface area (Å²) in [4.78, 5) is 24.8. The highest BCUT2D eigenvalue weighted by Gasteiger charge is 2.13. The van der Waals surface area contributed by atoms with E-state index in [1.54, 1.807) is 30.9 Å². The van der Waals surface area contributed by atoms with Crippen molar-refractivity contribution >= 4 is 22.8 Å². The van der Waals surface area contributed by atoms with Crippen LogP contribution in [0, 0.1) is 6.92 Å². The second-order valence-corrected chi connectivity index (χ2v) is 6.47. The van der Waals surface area contributed by atoms with Gasteiger partial charge in [0, 0.05) is 47.5 Å². The van der Waals surface area contributed by atoms with Crippen molar-refractivity contribution in [3.8, 4) is 11.3 Å². The fourth-order valence-electron chi connectivity index (χ4n) is 2.98. The third kappa shape index (κ3) is 3.66. The zero-order valence-corrected chi connectivity index (χ0v) is 15.5. The lowest BCUT2D eigenvalue weighted by atomic mass is 10.1. The second kappa shape index (κ2) is 7.43. The molecule has 0 spiro atoms. The predicted octanol–water partition coefficient (Wildman–Crippen LogP) is 3.61. The van der Waals surface area contributed by atoms with E-state index in [0.29, 0.717) is 5.82 Å². The monoisotopic (exact) mass is 373 g/mol. The fraction of sp³-hybridized carbons (Fsp3) is 0.150. The Morgan fingerprint density at radius 3 is 2.71 bits per heavy atom. The number of aromatic amines is 1. The zero-order valence-electron chi connectivity index (χ0n) is 15.5. The minimum atomic E-state index is -0.333. The molecule has 1 atom stereocenters. The molecule has 8 nitrogen and oxygen atoms in total. The van der Waals surface area contributed by atoms with Gasteiger partial charge in [-0.3, -0.25) is 20.4 Å². The van der Waals surface area contributed by atoms with Crippen LogP contribution >= 0.6 is 0 Å². The summed E-state index contributed by atoms with van der Waals surface area (Å²) in [6.07, 6.45) is 6.84. The highest BCUT2D eigenvalue weighted by Crippen LogP contribution is 2.27. The number of amides is 2. The van der Waals surface area contributed by atoms with Crippen molar-refractivity contribution in [3.05, 3.63) is 66.4 Å². The molecule has 8 heteroatoms. The Labute approximate surface area is 161 Å². The van der Waals surface area contributed by atoms with Crippen LogP contribution in [0.1, 0.15) is 24.2 Å². The van der Waals surface area contributed by atoms with Crippen molar-refractivity contribution < 1.29 is 4.79 Å². The number of H-pyrrole nitrogens is 1. The fourth-order valence-corrected chi connectivity index (χ4v) is 2.98. The first-order valence-electron chi connectivity index (χ1n) is 8.85. The number of nitrogens with one attached hydrogen (secondary N) is 3. The van der Waals surface area contributed by atoms with E-state index in [-0.39, 0.29) is 12.1 Å². The van der Waals surface area contributed by atoms with Crippen molar-refractivity contribution in [2.24, 2.45) is 0 Å². The van der Waals surface area contributed by atoms with E-state index >= 15 is 0 Å². The Morgan fingerprint density at radius 1 is 1.11 bits per heavy atom. The molecular formula is C20H19N7O. The minimum Gasteiger partial charge on any atom is -0.331 e. The third-order valence-electron chi connectivity index (χ3n) is 4.41. The summed E-state index contributed by atoms with van der Waals surface area (Å²) in [5, 5.41) is 13.9. The number of hydrogen-bond acceptors (Lipinski definition) is 5. The molecule has 4 rings (SSSR count). The first kappa shape index (κ1) is 17.6. The highest BCUT2D eigenvalue weighted by molar-refractivity contribution is 5.95. The normalized spacial score (nSPS) is 11.9. The molecule has 0 saturated carbocycles. The van der Waals surface area contributed by atoms with Gasteiger partial charge in [-0.2, -0.15) is 5.10 Å². The smallest absolute Gasteiger partial charge is 0.320 e. The average Bonchev–Trinajstić information content (AvgIpc) is 3.12. The molecule has 2 amide bonds. The van der Waals surface area contributed by atoms with E-state index in [1.807, 2.05) is 38.1 Å². The van der Waals surface area contributed by atoms with E-state index in [4.69, 9.17) is 0 Å². The van der Waals surface area contributed by atoms with Crippen LogP contribution in [-0.2, 0) is 0 Å². The third-order valence-corrected chi connectivity index (χ3v) is 4.41. The lowest BCUT2D eigenvalue weighted by Crippen LogP contribution is -2.31. The maximum Gasteiger partial charge on any atom is 0.320 e. The van der Waals surface area contributed by atoms with Crippen LogP contribution in [0.2, 0.25) is 0 Å². The van der Waals surface area contributed by atoms with Crippen molar-refractivity contribution in [3.63, 3.8) is 0 Å². The van der Waals surface area contributed by atoms with Crippen LogP contribution in [0.3, 0.4) is 0 Å². The summed E-state index contributed by atoms with van der Waals surface area (Å²) in [6.45, 7) is 3.84. The number of carbonyl (C=O) groups is 1. The van der Waals surface area contributed by atoms with E-state index in [0.717, 1.165) is 33.4 Å². The summed E-state index contributed by atoms with van der Waals surface area (Å²) in [5.74, 6) is 0.438. The topological polar surface area (TPSA) is 108 Å². The van der Waals surface area contributed by atoms with Crippen molar-refractivity contribution in [2.75, 3.05) is 5.32 Å². The molecule has 0 bridgehead atoms. The molecule has 28 heavy (non-hydrogen) atoms. The first-order chi connectivity index (χ1) is 13.6. The highest BCUT2D eigenvalue weighted by atomic mass is 16.2. The Morgan fingerprint density at radius 2 is 1.93 bits per heavy atom. The number of aryl methyl sites for hydroxylation is 1. The standard InChI is InChI=1S/C20H19N7O/c1-12-9-15(5-8-22-12)19-16-11-23-18(10-17(16)26-27-19)25-20(28)24-13(2)14-3-6-21-7-4-14/h3-11,13H,1-2H3,(H,26,27)(H2,23,24,25,28). The maximum absolute atomic E-state index is 12.3. The quantitative estimate of drug-likeness (QED) is 0.506. The van der Waals surface area contributed by atoms with Crippen molar-refractivity contribution in [1.29, 1.82) is 0 Å². The molecule has 4 aromatic rings. The molecule has 0 aliphatic heterocycles. The second-order valence-electron chi connectivity index (χ2n) is 6.47. The molecule has 0 aliphatic rings. The number of hydrogen-bond donors (Lipinski definition) is 3. The number of fused-ring (bicyclic) bond motifs is 1. The molecule has 0 aliphatic carbocycles. The Kier molecular flexibility index (Phi) is 4.67. The van der Waals surface area contributed by atoms with Crippen LogP contribution < -0.4 is 10.6 Å². The first-order valence-corrected chi connectivity index (χ1v) is 8.85. The Hall–Kier alpha value is -3.81. The van der Waals surface area contributed by atoms with Gasteiger partial charge >= 0.3 is 6.03 Å². The van der Waals surface area contributed by atoms with Gasteiger partial charge < -0.3 is 5.32 Å². The van der Waals surface area contributed by atoms with E-state index < -0.39 is 0 Å². The van der Waals surface area contributed by atoms with E-state index in [2.05, 4.69) is 35.8 Å². The average molecular weight is 373 g/mol. The molecule has 140 valence electrons. The number of nitrogens with zero attached hydrogens (tertiary/aromatic N) is 4.